The minimum absolute atomic E-state index is 0. The maximum absolute atomic E-state index is 11.7. The monoisotopic (exact) mass is 896 g/mol. The molecule has 0 aromatic heterocycles. The van der Waals surface area contributed by atoms with Crippen LogP contribution in [0.1, 0.15) is 145 Å². The number of hydrogen-bond donors (Lipinski definition) is 2. The molecule has 0 spiro atoms. The molecule has 0 heterocycles. The van der Waals surface area contributed by atoms with Crippen LogP contribution in [0.15, 0.2) is 116 Å². The van der Waals surface area contributed by atoms with Gasteiger partial charge in [-0.05, 0) is 155 Å². The maximum atomic E-state index is 11.7. The molecule has 0 bridgehead atoms. The van der Waals surface area contributed by atoms with E-state index in [1.165, 1.54) is 58.1 Å². The van der Waals surface area contributed by atoms with E-state index in [9.17, 15) is 27.0 Å². The molecule has 0 saturated heterocycles. The minimum Gasteiger partial charge on any atom is -0.393 e. The zero-order valence-electron chi connectivity index (χ0n) is 37.5. The first-order chi connectivity index (χ1) is 28.0. The van der Waals surface area contributed by atoms with Gasteiger partial charge in [0, 0.05) is 17.4 Å². The standard InChI is InChI=1S/C26H38O3S.C25H35ClO3S.CH4/c1-18-9-13-23(27)17-22(18)12-11-21-7-6-16-26(4)24(14-15-25(21)26)19(2)8-10-20(3)30(5,28)29;1-17-7-11-21(27)16-20(17)10-9-19-6-5-15-25(3)22(12-13-23(19)25)18(2)8-14-24(26)30(4,28)29;/h10-12,14,19,23,25,27H,1,6-9,13,15-17H2,2-5H3;9-10,12,14,18,21,23,27H,1,5-8,11,13,15-16H2,2-4H3;1H4/b20-10+,21-11+,22-12-;19-9+,20-10-,24-14+;/t19?,23-,25-,26+;18?,21-,23-,25+;/m00./s1. The van der Waals surface area contributed by atoms with Gasteiger partial charge in [0.05, 0.1) is 12.2 Å². The second-order valence-electron chi connectivity index (χ2n) is 19.4. The van der Waals surface area contributed by atoms with Crippen molar-refractivity contribution in [2.45, 2.75) is 157 Å². The third-order valence-corrected chi connectivity index (χ3v) is 18.2. The zero-order chi connectivity index (χ0) is 44.2. The van der Waals surface area contributed by atoms with Crippen LogP contribution in [0, 0.1) is 34.5 Å². The summed E-state index contributed by atoms with van der Waals surface area (Å²) in [6, 6.07) is 0. The van der Waals surface area contributed by atoms with Gasteiger partial charge in [-0.2, -0.15) is 0 Å². The van der Waals surface area contributed by atoms with Gasteiger partial charge in [-0.15, -0.1) is 0 Å². The number of rotatable bonds is 10. The Morgan fingerprint density at radius 1 is 0.738 bits per heavy atom. The average molecular weight is 898 g/mol. The predicted octanol–water partition coefficient (Wildman–Crippen LogP) is 12.9. The predicted molar refractivity (Wildman–Crippen MR) is 258 cm³/mol. The lowest BCUT2D eigenvalue weighted by Crippen LogP contribution is -2.32. The molecule has 4 fully saturated rings. The van der Waals surface area contributed by atoms with Crippen molar-refractivity contribution in [3.63, 3.8) is 0 Å². The van der Waals surface area contributed by atoms with Crippen LogP contribution < -0.4 is 0 Å². The van der Waals surface area contributed by atoms with E-state index in [4.69, 9.17) is 11.6 Å². The summed E-state index contributed by atoms with van der Waals surface area (Å²) in [5.74, 6) is 1.64. The molecule has 6 nitrogen and oxygen atoms in total. The van der Waals surface area contributed by atoms with Crippen molar-refractivity contribution < 1.29 is 27.0 Å². The molecular formula is C52H77ClO6S2. The fourth-order valence-electron chi connectivity index (χ4n) is 11.2. The molecule has 9 heteroatoms. The highest BCUT2D eigenvalue weighted by molar-refractivity contribution is 7.96. The lowest BCUT2D eigenvalue weighted by molar-refractivity contribution is 0.158. The molecule has 0 amide bonds. The molecule has 2 N–H and O–H groups in total. The Labute approximate surface area is 376 Å². The van der Waals surface area contributed by atoms with Gasteiger partial charge in [0.2, 0.25) is 0 Å². The van der Waals surface area contributed by atoms with Crippen LogP contribution in [0.3, 0.4) is 0 Å². The summed E-state index contributed by atoms with van der Waals surface area (Å²) < 4.78 is 46.6. The van der Waals surface area contributed by atoms with E-state index in [0.717, 1.165) is 88.9 Å². The first-order valence-electron chi connectivity index (χ1n) is 22.4. The van der Waals surface area contributed by atoms with Crippen LogP contribution in [-0.4, -0.2) is 51.8 Å². The van der Waals surface area contributed by atoms with Crippen molar-refractivity contribution in [2.75, 3.05) is 12.5 Å². The number of aliphatic hydroxyl groups excluding tert-OH is 2. The number of sulfone groups is 2. The lowest BCUT2D eigenvalue weighted by atomic mass is 9.62. The van der Waals surface area contributed by atoms with E-state index >= 15 is 0 Å². The SMILES string of the molecule is C.C=C1CC[C@H](O)C/C1=C/C=C1\CCC[C@]2(C)C(C(C)C/C=C(\C)S(C)(=O)=O)=CC[C@@H]12.C=C1CC[C@H](O)C/C1=C/C=C1\CCC[C@]2(C)C(C(C)C/C=C(\Cl)S(C)(=O)=O)=CC[C@@H]12. The summed E-state index contributed by atoms with van der Waals surface area (Å²) >= 11 is 5.95. The fraction of sp³-hybridized carbons (Fsp3) is 0.615. The van der Waals surface area contributed by atoms with E-state index in [2.05, 4.69) is 77.3 Å². The Morgan fingerprint density at radius 2 is 1.15 bits per heavy atom. The highest BCUT2D eigenvalue weighted by Crippen LogP contribution is 2.58. The van der Waals surface area contributed by atoms with Crippen molar-refractivity contribution in [1.82, 2.24) is 0 Å². The van der Waals surface area contributed by atoms with Gasteiger partial charge >= 0.3 is 0 Å². The summed E-state index contributed by atoms with van der Waals surface area (Å²) in [4.78, 5) is 0.473. The number of fused-ring (bicyclic) bond motifs is 2. The normalized spacial score (nSPS) is 33.7. The molecule has 6 aliphatic carbocycles. The van der Waals surface area contributed by atoms with Gasteiger partial charge in [0.1, 0.15) is 4.36 Å². The molecule has 8 atom stereocenters. The molecule has 0 aromatic rings. The summed E-state index contributed by atoms with van der Waals surface area (Å²) in [5, 5.41) is 20.0. The summed E-state index contributed by atoms with van der Waals surface area (Å²) in [6.07, 6.45) is 34.7. The van der Waals surface area contributed by atoms with Gasteiger partial charge in [0.25, 0.3) is 0 Å². The Bertz CT molecular complexity index is 1990. The van der Waals surface area contributed by atoms with Crippen molar-refractivity contribution in [3.05, 3.63) is 116 Å². The second kappa shape index (κ2) is 21.0. The lowest BCUT2D eigenvalue weighted by Gasteiger charge is -2.42. The number of allylic oxidation sites excluding steroid dienone is 15. The Hall–Kier alpha value is -2.49. The maximum Gasteiger partial charge on any atom is 0.185 e. The highest BCUT2D eigenvalue weighted by atomic mass is 35.5. The third-order valence-electron chi connectivity index (χ3n) is 15.0. The number of halogens is 1. The Balaban J connectivity index is 0.000000264. The van der Waals surface area contributed by atoms with Crippen molar-refractivity contribution in [1.29, 1.82) is 0 Å². The molecule has 6 aliphatic rings. The van der Waals surface area contributed by atoms with Crippen molar-refractivity contribution in [2.24, 2.45) is 34.5 Å². The van der Waals surface area contributed by atoms with Gasteiger partial charge in [0.15, 0.2) is 19.7 Å². The van der Waals surface area contributed by atoms with E-state index in [1.807, 2.05) is 6.08 Å². The first kappa shape index (κ1) is 51.1. The Morgan fingerprint density at radius 3 is 1.54 bits per heavy atom. The van der Waals surface area contributed by atoms with Crippen LogP contribution in [0.2, 0.25) is 0 Å². The molecule has 6 rings (SSSR count). The zero-order valence-corrected chi connectivity index (χ0v) is 39.9. The van der Waals surface area contributed by atoms with Gasteiger partial charge in [-0.3, -0.25) is 0 Å². The number of aliphatic hydroxyl groups is 2. The molecule has 2 unspecified atom stereocenters. The summed E-state index contributed by atoms with van der Waals surface area (Å²) in [5.41, 5.74) is 11.0. The van der Waals surface area contributed by atoms with E-state index in [1.54, 1.807) is 13.0 Å². The molecule has 0 aliphatic heterocycles. The summed E-state index contributed by atoms with van der Waals surface area (Å²) in [6.45, 7) is 19.3. The highest BCUT2D eigenvalue weighted by Gasteiger charge is 2.47. The average Bonchev–Trinajstić information content (AvgIpc) is 3.73. The van der Waals surface area contributed by atoms with Gasteiger partial charge < -0.3 is 10.2 Å². The minimum atomic E-state index is -3.33. The number of hydrogen-bond acceptors (Lipinski definition) is 6. The Kier molecular flexibility index (Phi) is 17.6. The van der Waals surface area contributed by atoms with E-state index in [0.29, 0.717) is 35.5 Å². The molecule has 0 radical (unpaired) electrons. The van der Waals surface area contributed by atoms with Crippen LogP contribution in [0.5, 0.6) is 0 Å². The molecule has 61 heavy (non-hydrogen) atoms. The smallest absolute Gasteiger partial charge is 0.185 e. The van der Waals surface area contributed by atoms with E-state index < -0.39 is 19.7 Å². The van der Waals surface area contributed by atoms with Crippen LogP contribution in [-0.2, 0) is 19.7 Å². The molecule has 0 aromatic carbocycles. The largest absolute Gasteiger partial charge is 0.393 e. The van der Waals surface area contributed by atoms with Crippen LogP contribution in [0.4, 0.5) is 0 Å². The summed E-state index contributed by atoms with van der Waals surface area (Å²) in [7, 11) is -6.42. The quantitative estimate of drug-likeness (QED) is 0.211. The topological polar surface area (TPSA) is 109 Å². The van der Waals surface area contributed by atoms with Gasteiger partial charge in [-0.25, -0.2) is 16.8 Å². The van der Waals surface area contributed by atoms with E-state index in [-0.39, 0.29) is 40.7 Å². The molecule has 340 valence electrons. The third kappa shape index (κ3) is 12.4. The second-order valence-corrected chi connectivity index (χ2v) is 24.2. The van der Waals surface area contributed by atoms with Crippen LogP contribution in [0.25, 0.3) is 0 Å². The fourth-order valence-corrected chi connectivity index (χ4v) is 12.1. The molecule has 4 saturated carbocycles. The van der Waals surface area contributed by atoms with Crippen LogP contribution >= 0.6 is 11.6 Å². The van der Waals surface area contributed by atoms with Crippen molar-refractivity contribution >= 4 is 31.3 Å². The molecular weight excluding hydrogens is 820 g/mol. The van der Waals surface area contributed by atoms with Gasteiger partial charge in [-0.1, -0.05) is 142 Å². The first-order valence-corrected chi connectivity index (χ1v) is 26.6. The van der Waals surface area contributed by atoms with Crippen molar-refractivity contribution in [3.8, 4) is 0 Å².